The molecular formula is C55H104O14. The van der Waals surface area contributed by atoms with Crippen molar-refractivity contribution >= 4 is 5.97 Å². The van der Waals surface area contributed by atoms with E-state index in [9.17, 15) is 40.5 Å². The molecule has 0 saturated carbocycles. The highest BCUT2D eigenvalue weighted by Crippen LogP contribution is 2.27. The standard InChI is InChI=1S/C55H104O14/c1-3-5-7-9-11-13-15-17-19-21-23-25-27-29-31-33-35-37-39-64-41-44(67-47(57)38-36-34-32-30-28-26-24-22-20-18-16-14-12-10-8-6-4-2)42-65-54-53(63)51(61)49(59)46(69-54)43-66-55-52(62)50(60)48(58)45(40-56)68-55/h18,20,44-46,48-56,58-63H,3-17,19,21-43H2,1-2H3/b20-18-. The maximum absolute atomic E-state index is 13.0. The number of carbonyl (C=O) groups is 1. The highest BCUT2D eigenvalue weighted by molar-refractivity contribution is 5.69. The molecule has 69 heavy (non-hydrogen) atoms. The molecule has 14 nitrogen and oxygen atoms in total. The topological polar surface area (TPSA) is 214 Å². The summed E-state index contributed by atoms with van der Waals surface area (Å²) in [6.45, 7) is 3.73. The molecule has 11 atom stereocenters. The lowest BCUT2D eigenvalue weighted by Crippen LogP contribution is -2.61. The summed E-state index contributed by atoms with van der Waals surface area (Å²) >= 11 is 0. The fraction of sp³-hybridized carbons (Fsp3) is 0.945. The molecule has 408 valence electrons. The van der Waals surface area contributed by atoms with Crippen LogP contribution in [0, 0.1) is 0 Å². The van der Waals surface area contributed by atoms with Gasteiger partial charge in [0.2, 0.25) is 0 Å². The summed E-state index contributed by atoms with van der Waals surface area (Å²) < 4.78 is 34.4. The Morgan fingerprint density at radius 3 is 1.32 bits per heavy atom. The van der Waals surface area contributed by atoms with E-state index in [0.717, 1.165) is 44.9 Å². The summed E-state index contributed by atoms with van der Waals surface area (Å²) in [5, 5.41) is 72.3. The summed E-state index contributed by atoms with van der Waals surface area (Å²) in [6, 6.07) is 0. The molecule has 14 heteroatoms. The SMILES string of the molecule is CCCCCCCC/C=C\CCCCCCCCCC(=O)OC(COCCCCCCCCCCCCCCCCCCCC)COC1OC(COC2OC(CO)C(O)C(O)C2O)C(O)C(O)C1O. The van der Waals surface area contributed by atoms with Crippen molar-refractivity contribution in [3.63, 3.8) is 0 Å². The molecule has 0 bridgehead atoms. The molecule has 0 aliphatic carbocycles. The molecule has 0 aromatic heterocycles. The molecular weight excluding hydrogens is 885 g/mol. The zero-order valence-corrected chi connectivity index (χ0v) is 43.6. The number of hydrogen-bond acceptors (Lipinski definition) is 14. The third-order valence-electron chi connectivity index (χ3n) is 13.8. The number of unbranched alkanes of at least 4 members (excludes halogenated alkanes) is 30. The monoisotopic (exact) mass is 989 g/mol. The average molecular weight is 989 g/mol. The average Bonchev–Trinajstić information content (AvgIpc) is 3.35. The third-order valence-corrected chi connectivity index (χ3v) is 13.8. The summed E-state index contributed by atoms with van der Waals surface area (Å²) in [7, 11) is 0. The van der Waals surface area contributed by atoms with E-state index < -0.39 is 80.7 Å². The molecule has 2 aliphatic rings. The van der Waals surface area contributed by atoms with Gasteiger partial charge < -0.3 is 64.2 Å². The normalized spacial score (nSPS) is 25.7. The predicted octanol–water partition coefficient (Wildman–Crippen LogP) is 9.41. The molecule has 2 saturated heterocycles. The van der Waals surface area contributed by atoms with Crippen molar-refractivity contribution in [2.24, 2.45) is 0 Å². The first-order valence-electron chi connectivity index (χ1n) is 28.3. The fourth-order valence-corrected chi connectivity index (χ4v) is 9.16. The highest BCUT2D eigenvalue weighted by Gasteiger charge is 2.47. The largest absolute Gasteiger partial charge is 0.457 e. The van der Waals surface area contributed by atoms with E-state index in [4.69, 9.17) is 28.4 Å². The Labute approximate surface area is 418 Å². The number of rotatable bonds is 46. The lowest BCUT2D eigenvalue weighted by Gasteiger charge is -2.42. The van der Waals surface area contributed by atoms with Crippen molar-refractivity contribution in [3.8, 4) is 0 Å². The van der Waals surface area contributed by atoms with Gasteiger partial charge in [0.25, 0.3) is 0 Å². The first-order valence-corrected chi connectivity index (χ1v) is 28.3. The van der Waals surface area contributed by atoms with Crippen LogP contribution in [-0.4, -0.2) is 142 Å². The van der Waals surface area contributed by atoms with Crippen molar-refractivity contribution in [2.45, 2.75) is 300 Å². The minimum Gasteiger partial charge on any atom is -0.457 e. The van der Waals surface area contributed by atoms with Crippen LogP contribution in [0.2, 0.25) is 0 Å². The summed E-state index contributed by atoms with van der Waals surface area (Å²) in [4.78, 5) is 13.0. The van der Waals surface area contributed by atoms with E-state index >= 15 is 0 Å². The molecule has 2 fully saturated rings. The van der Waals surface area contributed by atoms with Gasteiger partial charge in [0, 0.05) is 13.0 Å². The van der Waals surface area contributed by atoms with Crippen LogP contribution in [0.15, 0.2) is 12.2 Å². The Kier molecular flexibility index (Phi) is 39.9. The van der Waals surface area contributed by atoms with Gasteiger partial charge in [0.05, 0.1) is 26.4 Å². The van der Waals surface area contributed by atoms with Crippen molar-refractivity contribution in [1.82, 2.24) is 0 Å². The first kappa shape index (κ1) is 63.8. The van der Waals surface area contributed by atoms with Gasteiger partial charge in [-0.05, 0) is 38.5 Å². The van der Waals surface area contributed by atoms with Gasteiger partial charge in [-0.2, -0.15) is 0 Å². The maximum atomic E-state index is 13.0. The van der Waals surface area contributed by atoms with Crippen LogP contribution >= 0.6 is 0 Å². The van der Waals surface area contributed by atoms with Gasteiger partial charge in [0.1, 0.15) is 54.9 Å². The number of aliphatic hydroxyl groups is 7. The lowest BCUT2D eigenvalue weighted by atomic mass is 9.98. The van der Waals surface area contributed by atoms with E-state index in [1.165, 1.54) is 161 Å². The molecule has 0 aromatic rings. The van der Waals surface area contributed by atoms with Crippen LogP contribution in [0.3, 0.4) is 0 Å². The number of aliphatic hydroxyl groups excluding tert-OH is 7. The van der Waals surface area contributed by atoms with Gasteiger partial charge in [0.15, 0.2) is 12.6 Å². The van der Waals surface area contributed by atoms with Crippen molar-refractivity contribution in [1.29, 1.82) is 0 Å². The molecule has 11 unspecified atom stereocenters. The molecule has 2 aliphatic heterocycles. The Balaban J connectivity index is 1.73. The Bertz CT molecular complexity index is 1190. The van der Waals surface area contributed by atoms with Gasteiger partial charge in [-0.25, -0.2) is 0 Å². The third kappa shape index (κ3) is 30.5. The molecule has 0 aromatic carbocycles. The number of allylic oxidation sites excluding steroid dienone is 2. The van der Waals surface area contributed by atoms with Gasteiger partial charge in [-0.3, -0.25) is 4.79 Å². The van der Waals surface area contributed by atoms with Gasteiger partial charge in [-0.1, -0.05) is 199 Å². The van der Waals surface area contributed by atoms with E-state index in [2.05, 4.69) is 26.0 Å². The van der Waals surface area contributed by atoms with Crippen LogP contribution in [0.4, 0.5) is 0 Å². The van der Waals surface area contributed by atoms with Crippen LogP contribution in [0.5, 0.6) is 0 Å². The van der Waals surface area contributed by atoms with E-state index in [0.29, 0.717) is 13.0 Å². The second-order valence-corrected chi connectivity index (χ2v) is 20.1. The zero-order chi connectivity index (χ0) is 50.2. The van der Waals surface area contributed by atoms with Crippen molar-refractivity contribution in [3.05, 3.63) is 12.2 Å². The van der Waals surface area contributed by atoms with E-state index in [-0.39, 0.29) is 25.6 Å². The van der Waals surface area contributed by atoms with E-state index in [1.54, 1.807) is 0 Å². The molecule has 0 spiro atoms. The first-order chi connectivity index (χ1) is 33.6. The van der Waals surface area contributed by atoms with Crippen LogP contribution in [0.1, 0.15) is 232 Å². The fourth-order valence-electron chi connectivity index (χ4n) is 9.16. The molecule has 2 rings (SSSR count). The molecule has 0 amide bonds. The summed E-state index contributed by atoms with van der Waals surface area (Å²) in [5.74, 6) is -0.375. The smallest absolute Gasteiger partial charge is 0.306 e. The summed E-state index contributed by atoms with van der Waals surface area (Å²) in [5.41, 5.74) is 0. The second kappa shape index (κ2) is 43.2. The molecule has 0 radical (unpaired) electrons. The number of esters is 1. The Hall–Kier alpha value is -1.27. The van der Waals surface area contributed by atoms with Crippen molar-refractivity contribution in [2.75, 3.05) is 33.0 Å². The number of ether oxygens (including phenoxy) is 6. The van der Waals surface area contributed by atoms with Crippen molar-refractivity contribution < 1.29 is 69.0 Å². The number of hydrogen-bond donors (Lipinski definition) is 7. The van der Waals surface area contributed by atoms with Gasteiger partial charge >= 0.3 is 5.97 Å². The quantitative estimate of drug-likeness (QED) is 0.0172. The Morgan fingerprint density at radius 1 is 0.464 bits per heavy atom. The van der Waals surface area contributed by atoms with Gasteiger partial charge in [-0.15, -0.1) is 0 Å². The second-order valence-electron chi connectivity index (χ2n) is 20.1. The maximum Gasteiger partial charge on any atom is 0.306 e. The minimum absolute atomic E-state index is 0.0660. The molecule has 7 N–H and O–H groups in total. The predicted molar refractivity (Wildman–Crippen MR) is 271 cm³/mol. The highest BCUT2D eigenvalue weighted by atomic mass is 16.7. The molecule has 2 heterocycles. The zero-order valence-electron chi connectivity index (χ0n) is 43.6. The number of carbonyl (C=O) groups excluding carboxylic acids is 1. The lowest BCUT2D eigenvalue weighted by molar-refractivity contribution is -0.332. The minimum atomic E-state index is -1.70. The van der Waals surface area contributed by atoms with Crippen LogP contribution in [-0.2, 0) is 33.2 Å². The van der Waals surface area contributed by atoms with E-state index in [1.807, 2.05) is 0 Å². The summed E-state index contributed by atoms with van der Waals surface area (Å²) in [6.07, 6.45) is 29.8. The van der Waals surface area contributed by atoms with Crippen LogP contribution < -0.4 is 0 Å². The van der Waals surface area contributed by atoms with Crippen LogP contribution in [0.25, 0.3) is 0 Å². The Morgan fingerprint density at radius 2 is 0.855 bits per heavy atom.